The summed E-state index contributed by atoms with van der Waals surface area (Å²) in [5.74, 6) is -0.0561. The lowest BCUT2D eigenvalue weighted by molar-refractivity contribution is 0.208. The first-order valence-corrected chi connectivity index (χ1v) is 4.23. The second kappa shape index (κ2) is 3.13. The Labute approximate surface area is 79.3 Å². The highest BCUT2D eigenvalue weighted by molar-refractivity contribution is 5.67. The van der Waals surface area contributed by atoms with Crippen LogP contribution in [0.25, 0.3) is 0 Å². The van der Waals surface area contributed by atoms with E-state index in [-0.39, 0.29) is 11.9 Å². The van der Waals surface area contributed by atoms with Crippen LogP contribution in [-0.2, 0) is 0 Å². The summed E-state index contributed by atoms with van der Waals surface area (Å²) < 4.78 is 5.99. The van der Waals surface area contributed by atoms with E-state index >= 15 is 0 Å². The van der Waals surface area contributed by atoms with Crippen LogP contribution in [-0.4, -0.2) is 15.6 Å². The van der Waals surface area contributed by atoms with Gasteiger partial charge in [0, 0.05) is 18.3 Å². The van der Waals surface area contributed by atoms with Gasteiger partial charge in [0.1, 0.15) is 0 Å². The molecule has 1 aliphatic carbocycles. The molecular weight excluding hydrogens is 186 g/mol. The zero-order valence-electron chi connectivity index (χ0n) is 7.34. The van der Waals surface area contributed by atoms with Gasteiger partial charge in [-0.15, -0.1) is 0 Å². The number of primary amides is 1. The molecule has 1 heterocycles. The summed E-state index contributed by atoms with van der Waals surface area (Å²) in [7, 11) is 0. The number of rotatable bonds is 2. The number of hydrogen-bond donors (Lipinski definition) is 1. The van der Waals surface area contributed by atoms with E-state index in [0.717, 1.165) is 12.8 Å². The fraction of sp³-hybridized carbons (Fsp3) is 0.375. The molecule has 6 heteroatoms. The van der Waals surface area contributed by atoms with Gasteiger partial charge in [-0.05, 0) is 12.8 Å². The molecule has 0 saturated heterocycles. The number of ether oxygens (including phenoxy) is 1. The summed E-state index contributed by atoms with van der Waals surface area (Å²) in [5.41, 5.74) is 4.36. The molecule has 1 aliphatic rings. The van der Waals surface area contributed by atoms with Gasteiger partial charge in [-0.3, -0.25) is 4.57 Å². The Hall–Kier alpha value is -1.85. The first kappa shape index (κ1) is 8.74. The summed E-state index contributed by atoms with van der Waals surface area (Å²) in [6.07, 6.45) is 2.58. The molecule has 1 aromatic heterocycles. The van der Waals surface area contributed by atoms with Crippen LogP contribution >= 0.6 is 0 Å². The van der Waals surface area contributed by atoms with Crippen LogP contribution in [0.1, 0.15) is 18.9 Å². The van der Waals surface area contributed by atoms with Crippen LogP contribution in [0.15, 0.2) is 17.1 Å². The van der Waals surface area contributed by atoms with Crippen molar-refractivity contribution in [3.8, 4) is 5.88 Å². The van der Waals surface area contributed by atoms with E-state index < -0.39 is 11.8 Å². The maximum atomic E-state index is 11.3. The molecule has 14 heavy (non-hydrogen) atoms. The molecule has 0 unspecified atom stereocenters. The van der Waals surface area contributed by atoms with E-state index in [2.05, 4.69) is 9.72 Å². The predicted molar refractivity (Wildman–Crippen MR) is 47.0 cm³/mol. The largest absolute Gasteiger partial charge is 0.411 e. The Balaban J connectivity index is 2.26. The Bertz CT molecular complexity index is 422. The van der Waals surface area contributed by atoms with E-state index in [4.69, 9.17) is 5.73 Å². The maximum absolute atomic E-state index is 11.3. The summed E-state index contributed by atoms with van der Waals surface area (Å²) in [4.78, 5) is 25.2. The molecular formula is C8H9N3O3. The molecule has 0 aliphatic heterocycles. The van der Waals surface area contributed by atoms with E-state index in [0.29, 0.717) is 0 Å². The molecule has 2 rings (SSSR count). The first-order valence-electron chi connectivity index (χ1n) is 4.23. The van der Waals surface area contributed by atoms with Crippen LogP contribution in [0.2, 0.25) is 0 Å². The second-order valence-electron chi connectivity index (χ2n) is 3.11. The van der Waals surface area contributed by atoms with Gasteiger partial charge in [-0.2, -0.15) is 4.98 Å². The van der Waals surface area contributed by atoms with E-state index in [1.807, 2.05) is 0 Å². The Morgan fingerprint density at radius 1 is 1.64 bits per heavy atom. The van der Waals surface area contributed by atoms with Crippen molar-refractivity contribution in [2.24, 2.45) is 5.73 Å². The van der Waals surface area contributed by atoms with E-state index in [1.54, 1.807) is 6.20 Å². The predicted octanol–water partition coefficient (Wildman–Crippen LogP) is 0.0357. The lowest BCUT2D eigenvalue weighted by Gasteiger charge is -2.02. The van der Waals surface area contributed by atoms with Crippen molar-refractivity contribution in [2.45, 2.75) is 18.9 Å². The van der Waals surface area contributed by atoms with E-state index in [1.165, 1.54) is 10.6 Å². The van der Waals surface area contributed by atoms with Crippen molar-refractivity contribution in [1.29, 1.82) is 0 Å². The number of carbonyl (C=O) groups is 1. The summed E-state index contributed by atoms with van der Waals surface area (Å²) >= 11 is 0. The normalized spacial score (nSPS) is 15.1. The molecule has 0 bridgehead atoms. The molecule has 2 N–H and O–H groups in total. The van der Waals surface area contributed by atoms with Gasteiger partial charge in [0.05, 0.1) is 0 Å². The quantitative estimate of drug-likeness (QED) is 0.721. The first-order chi connectivity index (χ1) is 6.66. The van der Waals surface area contributed by atoms with Gasteiger partial charge in [0.2, 0.25) is 5.88 Å². The number of carbonyl (C=O) groups excluding carboxylic acids is 1. The fourth-order valence-corrected chi connectivity index (χ4v) is 1.19. The van der Waals surface area contributed by atoms with Crippen LogP contribution in [0.3, 0.4) is 0 Å². The average molecular weight is 195 g/mol. The van der Waals surface area contributed by atoms with Gasteiger partial charge < -0.3 is 10.5 Å². The van der Waals surface area contributed by atoms with Crippen LogP contribution in [0.4, 0.5) is 4.79 Å². The Kier molecular flexibility index (Phi) is 1.95. The molecule has 74 valence electrons. The molecule has 0 spiro atoms. The van der Waals surface area contributed by atoms with Crippen molar-refractivity contribution in [2.75, 3.05) is 0 Å². The third-order valence-corrected chi connectivity index (χ3v) is 1.95. The molecule has 1 saturated carbocycles. The number of nitrogens with two attached hydrogens (primary N) is 1. The highest BCUT2D eigenvalue weighted by Gasteiger charge is 2.24. The third-order valence-electron chi connectivity index (χ3n) is 1.95. The van der Waals surface area contributed by atoms with Gasteiger partial charge >= 0.3 is 11.8 Å². The van der Waals surface area contributed by atoms with Crippen molar-refractivity contribution < 1.29 is 9.53 Å². The van der Waals surface area contributed by atoms with Gasteiger partial charge in [-0.25, -0.2) is 9.59 Å². The van der Waals surface area contributed by atoms with Crippen molar-refractivity contribution in [3.05, 3.63) is 22.7 Å². The lowest BCUT2D eigenvalue weighted by Crippen LogP contribution is -2.24. The van der Waals surface area contributed by atoms with E-state index in [9.17, 15) is 9.59 Å². The fourth-order valence-electron chi connectivity index (χ4n) is 1.19. The summed E-state index contributed by atoms with van der Waals surface area (Å²) in [6.45, 7) is 0. The number of aromatic nitrogens is 2. The molecule has 1 aromatic rings. The Morgan fingerprint density at radius 2 is 2.36 bits per heavy atom. The third kappa shape index (κ3) is 1.73. The number of hydrogen-bond acceptors (Lipinski definition) is 4. The highest BCUT2D eigenvalue weighted by atomic mass is 16.6. The molecule has 0 radical (unpaired) electrons. The van der Waals surface area contributed by atoms with Crippen molar-refractivity contribution in [1.82, 2.24) is 9.55 Å². The van der Waals surface area contributed by atoms with Gasteiger partial charge in [0.25, 0.3) is 0 Å². The van der Waals surface area contributed by atoms with Crippen LogP contribution in [0.5, 0.6) is 5.88 Å². The minimum atomic E-state index is -0.971. The molecule has 6 nitrogen and oxygen atoms in total. The highest BCUT2D eigenvalue weighted by Crippen LogP contribution is 2.33. The van der Waals surface area contributed by atoms with Crippen LogP contribution < -0.4 is 16.2 Å². The minimum Gasteiger partial charge on any atom is -0.391 e. The monoisotopic (exact) mass is 195 g/mol. The van der Waals surface area contributed by atoms with Gasteiger partial charge in [0.15, 0.2) is 0 Å². The van der Waals surface area contributed by atoms with Crippen molar-refractivity contribution >= 4 is 6.09 Å². The zero-order chi connectivity index (χ0) is 10.1. The second-order valence-corrected chi connectivity index (χ2v) is 3.11. The van der Waals surface area contributed by atoms with Crippen LogP contribution in [0, 0.1) is 0 Å². The average Bonchev–Trinajstić information content (AvgIpc) is 2.86. The number of nitrogens with zero attached hydrogens (tertiary/aromatic N) is 2. The Morgan fingerprint density at radius 3 is 2.86 bits per heavy atom. The molecule has 0 atom stereocenters. The summed E-state index contributed by atoms with van der Waals surface area (Å²) in [6, 6.07) is 1.71. The standard InChI is InChI=1S/C8H9N3O3/c9-7(12)14-6-3-4-11(5-1-2-5)8(13)10-6/h3-5H,1-2H2,(H2,9,12). The molecule has 1 fully saturated rings. The smallest absolute Gasteiger partial charge is 0.391 e. The minimum absolute atomic E-state index is 0.0561. The topological polar surface area (TPSA) is 87.2 Å². The lowest BCUT2D eigenvalue weighted by atomic mass is 10.5. The zero-order valence-corrected chi connectivity index (χ0v) is 7.34. The SMILES string of the molecule is NC(=O)Oc1ccn(C2CC2)c(=O)n1. The summed E-state index contributed by atoms with van der Waals surface area (Å²) in [5, 5.41) is 0. The molecule has 1 amide bonds. The van der Waals surface area contributed by atoms with Crippen molar-refractivity contribution in [3.63, 3.8) is 0 Å². The van der Waals surface area contributed by atoms with Gasteiger partial charge in [-0.1, -0.05) is 0 Å². The molecule has 0 aromatic carbocycles. The number of amides is 1. The maximum Gasteiger partial charge on any atom is 0.411 e.